The van der Waals surface area contributed by atoms with Gasteiger partial charge in [-0.15, -0.1) is 0 Å². The number of nitriles is 1. The molecule has 0 bridgehead atoms. The Morgan fingerprint density at radius 2 is 1.86 bits per heavy atom. The zero-order valence-corrected chi connectivity index (χ0v) is 20.4. The summed E-state index contributed by atoms with van der Waals surface area (Å²) in [5, 5.41) is 21.0. The molecule has 3 heterocycles. The quantitative estimate of drug-likeness (QED) is 0.298. The number of furan rings is 1. The van der Waals surface area contributed by atoms with Gasteiger partial charge in [0.2, 0.25) is 0 Å². The Balaban J connectivity index is 1.58. The molecule has 5 aromatic rings. The molecule has 0 aliphatic carbocycles. The number of aromatic amines is 1. The zero-order valence-electron chi connectivity index (χ0n) is 20.4. The number of hydrogen-bond acceptors (Lipinski definition) is 5. The van der Waals surface area contributed by atoms with E-state index >= 15 is 0 Å². The largest absolute Gasteiger partial charge is 0.461 e. The van der Waals surface area contributed by atoms with Gasteiger partial charge in [-0.3, -0.25) is 5.10 Å². The first-order chi connectivity index (χ1) is 16.8. The number of aryl methyl sites for hydroxylation is 1. The molecular weight excluding hydrogens is 434 g/mol. The molecule has 3 aromatic heterocycles. The molecule has 0 radical (unpaired) electrons. The summed E-state index contributed by atoms with van der Waals surface area (Å²) >= 11 is 0. The Morgan fingerprint density at radius 3 is 2.66 bits per heavy atom. The zero-order chi connectivity index (χ0) is 24.7. The number of aromatic nitrogens is 3. The fraction of sp³-hybridized carbons (Fsp3) is 0.207. The summed E-state index contributed by atoms with van der Waals surface area (Å²) in [5.74, 6) is 6.51. The molecule has 172 valence electrons. The van der Waals surface area contributed by atoms with E-state index in [2.05, 4.69) is 59.2 Å². The molecule has 5 rings (SSSR count). The minimum atomic E-state index is -0.573. The molecule has 0 aliphatic heterocycles. The molecule has 0 spiro atoms. The molecule has 0 saturated carbocycles. The highest BCUT2D eigenvalue weighted by atomic mass is 16.3. The Kier molecular flexibility index (Phi) is 5.30. The molecule has 6 nitrogen and oxygen atoms in total. The van der Waals surface area contributed by atoms with Gasteiger partial charge < -0.3 is 9.73 Å². The number of pyridine rings is 1. The lowest BCUT2D eigenvalue weighted by molar-refractivity contribution is 0.615. The predicted octanol–water partition coefficient (Wildman–Crippen LogP) is 6.57. The molecule has 0 aliphatic rings. The van der Waals surface area contributed by atoms with Gasteiger partial charge in [-0.25, -0.2) is 4.98 Å². The van der Waals surface area contributed by atoms with Crippen LogP contribution in [0.4, 0.5) is 11.4 Å². The minimum absolute atomic E-state index is 0.573. The molecule has 0 amide bonds. The third kappa shape index (κ3) is 3.90. The van der Waals surface area contributed by atoms with E-state index in [0.29, 0.717) is 5.69 Å². The SMILES string of the molecule is Cc1c(C)c(C)c2c(Nc3cccc(C(C)(C)C#N)c3)coc2c1C#Cc1ccc2[nH]ncc2n1. The smallest absolute Gasteiger partial charge is 0.152 e. The second-order valence-electron chi connectivity index (χ2n) is 9.30. The van der Waals surface area contributed by atoms with Crippen LogP contribution in [0.2, 0.25) is 0 Å². The third-order valence-corrected chi connectivity index (χ3v) is 6.65. The van der Waals surface area contributed by atoms with Crippen LogP contribution < -0.4 is 5.32 Å². The van der Waals surface area contributed by atoms with Crippen molar-refractivity contribution in [3.05, 3.63) is 82.4 Å². The lowest BCUT2D eigenvalue weighted by Gasteiger charge is -2.17. The van der Waals surface area contributed by atoms with Crippen molar-refractivity contribution in [3.63, 3.8) is 0 Å². The van der Waals surface area contributed by atoms with Gasteiger partial charge in [-0.05, 0) is 87.1 Å². The molecule has 0 unspecified atom stereocenters. The molecule has 0 atom stereocenters. The van der Waals surface area contributed by atoms with Gasteiger partial charge in [-0.2, -0.15) is 10.4 Å². The maximum Gasteiger partial charge on any atom is 0.152 e. The number of rotatable bonds is 3. The number of benzene rings is 2. The van der Waals surface area contributed by atoms with Crippen molar-refractivity contribution in [1.29, 1.82) is 5.26 Å². The summed E-state index contributed by atoms with van der Waals surface area (Å²) in [6, 6.07) is 14.1. The fourth-order valence-corrected chi connectivity index (χ4v) is 4.22. The maximum atomic E-state index is 9.53. The highest BCUT2D eigenvalue weighted by Crippen LogP contribution is 2.37. The number of fused-ring (bicyclic) bond motifs is 2. The number of nitrogens with one attached hydrogen (secondary N) is 2. The molecule has 0 fully saturated rings. The van der Waals surface area contributed by atoms with Crippen molar-refractivity contribution < 1.29 is 4.42 Å². The van der Waals surface area contributed by atoms with Crippen molar-refractivity contribution in [3.8, 4) is 17.9 Å². The lowest BCUT2D eigenvalue weighted by Crippen LogP contribution is -2.13. The van der Waals surface area contributed by atoms with Crippen LogP contribution in [0, 0.1) is 43.9 Å². The summed E-state index contributed by atoms with van der Waals surface area (Å²) in [6.45, 7) is 10.1. The standard InChI is InChI=1S/C29H25N5O/c1-17-18(2)23(11-9-21-10-12-24-25(32-21)14-31-34-24)28-27(19(17)3)26(15-35-28)33-22-8-6-7-20(13-22)29(4,5)16-30/h6-8,10,12-15,33H,1-5H3,(H,31,34). The van der Waals surface area contributed by atoms with E-state index in [4.69, 9.17) is 4.42 Å². The predicted molar refractivity (Wildman–Crippen MR) is 139 cm³/mol. The van der Waals surface area contributed by atoms with E-state index in [1.807, 2.05) is 50.2 Å². The van der Waals surface area contributed by atoms with Crippen molar-refractivity contribution >= 4 is 33.4 Å². The van der Waals surface area contributed by atoms with E-state index in [1.165, 1.54) is 5.56 Å². The fourth-order valence-electron chi connectivity index (χ4n) is 4.22. The van der Waals surface area contributed by atoms with Crippen molar-refractivity contribution in [2.45, 2.75) is 40.0 Å². The van der Waals surface area contributed by atoms with E-state index in [1.54, 1.807) is 12.5 Å². The maximum absolute atomic E-state index is 9.53. The van der Waals surface area contributed by atoms with Gasteiger partial charge in [0.05, 0.1) is 34.4 Å². The Labute approximate surface area is 204 Å². The molecule has 2 aromatic carbocycles. The summed E-state index contributed by atoms with van der Waals surface area (Å²) in [4.78, 5) is 4.56. The van der Waals surface area contributed by atoms with Crippen LogP contribution >= 0.6 is 0 Å². The lowest BCUT2D eigenvalue weighted by atomic mass is 9.86. The van der Waals surface area contributed by atoms with Crippen LogP contribution in [0.5, 0.6) is 0 Å². The van der Waals surface area contributed by atoms with Gasteiger partial charge in [0.25, 0.3) is 0 Å². The summed E-state index contributed by atoms with van der Waals surface area (Å²) in [6.07, 6.45) is 3.43. The first-order valence-electron chi connectivity index (χ1n) is 11.4. The van der Waals surface area contributed by atoms with E-state index < -0.39 is 5.41 Å². The average molecular weight is 460 g/mol. The van der Waals surface area contributed by atoms with E-state index in [9.17, 15) is 5.26 Å². The number of H-pyrrole nitrogens is 1. The monoisotopic (exact) mass is 459 g/mol. The highest BCUT2D eigenvalue weighted by molar-refractivity contribution is 5.99. The van der Waals surface area contributed by atoms with Gasteiger partial charge >= 0.3 is 0 Å². The van der Waals surface area contributed by atoms with E-state index in [-0.39, 0.29) is 0 Å². The Hall–Kier alpha value is -4.55. The van der Waals surface area contributed by atoms with Gasteiger partial charge in [0.15, 0.2) is 5.58 Å². The molecule has 35 heavy (non-hydrogen) atoms. The molecular formula is C29H25N5O. The van der Waals surface area contributed by atoms with Crippen LogP contribution in [0.15, 0.2) is 53.3 Å². The van der Waals surface area contributed by atoms with Gasteiger partial charge in [0.1, 0.15) is 17.5 Å². The van der Waals surface area contributed by atoms with E-state index in [0.717, 1.165) is 55.6 Å². The van der Waals surface area contributed by atoms with Crippen LogP contribution in [0.3, 0.4) is 0 Å². The number of nitrogens with zero attached hydrogens (tertiary/aromatic N) is 3. The van der Waals surface area contributed by atoms with Gasteiger partial charge in [0, 0.05) is 11.1 Å². The summed E-state index contributed by atoms with van der Waals surface area (Å²) in [5.41, 5.74) is 9.49. The van der Waals surface area contributed by atoms with Crippen molar-refractivity contribution in [2.75, 3.05) is 5.32 Å². The normalized spacial score (nSPS) is 11.3. The number of anilines is 2. The van der Waals surface area contributed by atoms with Crippen LogP contribution in [0.1, 0.15) is 47.4 Å². The van der Waals surface area contributed by atoms with Crippen LogP contribution in [0.25, 0.3) is 22.0 Å². The number of hydrogen-bond donors (Lipinski definition) is 2. The molecule has 2 N–H and O–H groups in total. The minimum Gasteiger partial charge on any atom is -0.461 e. The van der Waals surface area contributed by atoms with Crippen LogP contribution in [-0.4, -0.2) is 15.2 Å². The highest BCUT2D eigenvalue weighted by Gasteiger charge is 2.21. The Bertz CT molecular complexity index is 1700. The molecule has 6 heteroatoms. The molecule has 0 saturated heterocycles. The second kappa shape index (κ2) is 8.34. The van der Waals surface area contributed by atoms with Crippen molar-refractivity contribution in [1.82, 2.24) is 15.2 Å². The summed E-state index contributed by atoms with van der Waals surface area (Å²) in [7, 11) is 0. The Morgan fingerprint density at radius 1 is 1.03 bits per heavy atom. The first-order valence-corrected chi connectivity index (χ1v) is 11.4. The van der Waals surface area contributed by atoms with Crippen molar-refractivity contribution in [2.24, 2.45) is 0 Å². The topological polar surface area (TPSA) is 90.5 Å². The van der Waals surface area contributed by atoms with Crippen LogP contribution in [-0.2, 0) is 5.41 Å². The third-order valence-electron chi connectivity index (χ3n) is 6.65. The second-order valence-corrected chi connectivity index (χ2v) is 9.30. The first kappa shape index (κ1) is 22.3. The summed E-state index contributed by atoms with van der Waals surface area (Å²) < 4.78 is 6.08. The van der Waals surface area contributed by atoms with Gasteiger partial charge in [-0.1, -0.05) is 18.1 Å². The average Bonchev–Trinajstić information content (AvgIpc) is 3.49.